The second-order valence-electron chi connectivity index (χ2n) is 8.07. The maximum atomic E-state index is 13.7. The van der Waals surface area contributed by atoms with Crippen molar-refractivity contribution in [2.45, 2.75) is 18.8 Å². The van der Waals surface area contributed by atoms with Gasteiger partial charge in [-0.2, -0.15) is 11.8 Å². The summed E-state index contributed by atoms with van der Waals surface area (Å²) in [7, 11) is 0. The Balaban J connectivity index is 1.81. The number of aromatic amines is 1. The summed E-state index contributed by atoms with van der Waals surface area (Å²) in [5.74, 6) is 0.386. The van der Waals surface area contributed by atoms with Gasteiger partial charge in [0.05, 0.1) is 13.1 Å². The number of amides is 1. The number of carbonyl (C=O) groups is 1. The van der Waals surface area contributed by atoms with Crippen LogP contribution in [0.4, 0.5) is 11.5 Å². The molecule has 0 aliphatic heterocycles. The Morgan fingerprint density at radius 3 is 2.09 bits per heavy atom. The van der Waals surface area contributed by atoms with Crippen LogP contribution in [-0.2, 0) is 18.8 Å². The number of aromatic nitrogens is 2. The number of nitrogens with one attached hydrogen (secondary N) is 1. The van der Waals surface area contributed by atoms with Gasteiger partial charge in [-0.05, 0) is 35.1 Å². The van der Waals surface area contributed by atoms with E-state index >= 15 is 0 Å². The Labute approximate surface area is 207 Å². The summed E-state index contributed by atoms with van der Waals surface area (Å²) < 4.78 is 1.28. The Hall–Kier alpha value is -4.04. The molecule has 0 aliphatic rings. The maximum Gasteiger partial charge on any atom is 0.330 e. The molecule has 0 saturated heterocycles. The lowest BCUT2D eigenvalue weighted by atomic mass is 10.1. The van der Waals surface area contributed by atoms with Crippen LogP contribution in [0.25, 0.3) is 0 Å². The second-order valence-corrected chi connectivity index (χ2v) is 8.94. The molecule has 0 atom stereocenters. The van der Waals surface area contributed by atoms with Gasteiger partial charge in [-0.25, -0.2) is 4.79 Å². The van der Waals surface area contributed by atoms with E-state index in [2.05, 4.69) is 4.98 Å². The Bertz CT molecular complexity index is 1420. The van der Waals surface area contributed by atoms with Gasteiger partial charge in [-0.3, -0.25) is 24.0 Å². The third kappa shape index (κ3) is 5.55. The zero-order valence-corrected chi connectivity index (χ0v) is 20.1. The lowest BCUT2D eigenvalue weighted by Crippen LogP contribution is -2.41. The fraction of sp³-hybridized carbons (Fsp3) is 0.148. The smallest absolute Gasteiger partial charge is 0.330 e. The van der Waals surface area contributed by atoms with Crippen LogP contribution in [0.2, 0.25) is 0 Å². The predicted octanol–water partition coefficient (Wildman–Crippen LogP) is 3.88. The summed E-state index contributed by atoms with van der Waals surface area (Å²) in [4.78, 5) is 43.1. The van der Waals surface area contributed by atoms with Gasteiger partial charge in [0.2, 0.25) is 0 Å². The van der Waals surface area contributed by atoms with E-state index in [1.807, 2.05) is 79.1 Å². The summed E-state index contributed by atoms with van der Waals surface area (Å²) in [5, 5.41) is 0. The van der Waals surface area contributed by atoms with E-state index in [1.54, 1.807) is 23.9 Å². The number of thioether (sulfide) groups is 1. The van der Waals surface area contributed by atoms with Crippen molar-refractivity contribution in [1.82, 2.24) is 9.55 Å². The maximum absolute atomic E-state index is 13.7. The largest absolute Gasteiger partial charge is 0.383 e. The average molecular weight is 487 g/mol. The molecule has 4 rings (SSSR count). The van der Waals surface area contributed by atoms with Gasteiger partial charge in [0.1, 0.15) is 5.82 Å². The highest BCUT2D eigenvalue weighted by Crippen LogP contribution is 2.23. The van der Waals surface area contributed by atoms with Crippen LogP contribution in [0.1, 0.15) is 27.0 Å². The van der Waals surface area contributed by atoms with Crippen molar-refractivity contribution in [3.63, 3.8) is 0 Å². The minimum atomic E-state index is -0.708. The normalized spacial score (nSPS) is 10.8. The van der Waals surface area contributed by atoms with Crippen LogP contribution in [-0.4, -0.2) is 21.7 Å². The number of hydrogen-bond donors (Lipinski definition) is 2. The highest BCUT2D eigenvalue weighted by atomic mass is 32.2. The first-order valence-electron chi connectivity index (χ1n) is 11.1. The Kier molecular flexibility index (Phi) is 7.52. The molecule has 7 nitrogen and oxygen atoms in total. The van der Waals surface area contributed by atoms with Gasteiger partial charge in [0.25, 0.3) is 11.5 Å². The molecule has 8 heteroatoms. The van der Waals surface area contributed by atoms with Crippen molar-refractivity contribution < 1.29 is 4.79 Å². The lowest BCUT2D eigenvalue weighted by molar-refractivity contribution is 0.0984. The number of rotatable bonds is 8. The van der Waals surface area contributed by atoms with E-state index < -0.39 is 11.2 Å². The fourth-order valence-corrected chi connectivity index (χ4v) is 4.37. The SMILES string of the molecule is CSCc1ccc(C(=O)N(Cc2ccccc2)c2c(N)n(Cc3ccccc3)c(=O)[nH]c2=O)cc1. The highest BCUT2D eigenvalue weighted by Gasteiger charge is 2.25. The molecule has 0 spiro atoms. The molecule has 3 aromatic carbocycles. The molecular formula is C27H26N4O3S. The van der Waals surface area contributed by atoms with E-state index in [4.69, 9.17) is 5.73 Å². The molecule has 3 N–H and O–H groups in total. The Morgan fingerprint density at radius 2 is 1.49 bits per heavy atom. The van der Waals surface area contributed by atoms with Crippen LogP contribution in [0, 0.1) is 0 Å². The standard InChI is InChI=1S/C27H26N4O3S/c1-35-18-21-12-14-22(15-13-21)26(33)30(16-19-8-4-2-5-9-19)23-24(28)31(27(34)29-25(23)32)17-20-10-6-3-7-11-20/h2-15H,16-18,28H2,1H3,(H,29,32,34). The molecule has 4 aromatic rings. The van der Waals surface area contributed by atoms with Crippen LogP contribution >= 0.6 is 11.8 Å². The van der Waals surface area contributed by atoms with Crippen molar-refractivity contribution >= 4 is 29.2 Å². The van der Waals surface area contributed by atoms with Gasteiger partial charge in [0.15, 0.2) is 5.69 Å². The Morgan fingerprint density at radius 1 is 0.886 bits per heavy atom. The van der Waals surface area contributed by atoms with Crippen molar-refractivity contribution in [3.05, 3.63) is 128 Å². The molecule has 0 fully saturated rings. The van der Waals surface area contributed by atoms with Gasteiger partial charge >= 0.3 is 5.69 Å². The highest BCUT2D eigenvalue weighted by molar-refractivity contribution is 7.97. The summed E-state index contributed by atoms with van der Waals surface area (Å²) in [5.41, 5.74) is 8.19. The first-order valence-corrected chi connectivity index (χ1v) is 12.5. The fourth-order valence-electron chi connectivity index (χ4n) is 3.85. The molecule has 35 heavy (non-hydrogen) atoms. The van der Waals surface area contributed by atoms with Crippen molar-refractivity contribution in [2.24, 2.45) is 0 Å². The third-order valence-corrected chi connectivity index (χ3v) is 6.23. The van der Waals surface area contributed by atoms with Crippen molar-refractivity contribution in [2.75, 3.05) is 16.9 Å². The number of benzene rings is 3. The average Bonchev–Trinajstić information content (AvgIpc) is 2.87. The van der Waals surface area contributed by atoms with E-state index in [1.165, 1.54) is 9.47 Å². The number of nitrogens with two attached hydrogens (primary N) is 1. The molecule has 1 heterocycles. The zero-order valence-electron chi connectivity index (χ0n) is 19.3. The van der Waals surface area contributed by atoms with Crippen molar-refractivity contribution in [1.29, 1.82) is 0 Å². The number of carbonyl (C=O) groups excluding carboxylic acids is 1. The van der Waals surface area contributed by atoms with E-state index in [-0.39, 0.29) is 30.5 Å². The number of anilines is 2. The minimum absolute atomic E-state index is 0.0532. The first-order chi connectivity index (χ1) is 17.0. The first kappa shape index (κ1) is 24.1. The third-order valence-electron chi connectivity index (χ3n) is 5.61. The topological polar surface area (TPSA) is 101 Å². The minimum Gasteiger partial charge on any atom is -0.383 e. The molecule has 0 aliphatic carbocycles. The molecule has 0 radical (unpaired) electrons. The van der Waals surface area contributed by atoms with Gasteiger partial charge < -0.3 is 5.73 Å². The van der Waals surface area contributed by atoms with Gasteiger partial charge in [0, 0.05) is 11.3 Å². The second kappa shape index (κ2) is 10.9. The van der Waals surface area contributed by atoms with Crippen LogP contribution in [0.5, 0.6) is 0 Å². The lowest BCUT2D eigenvalue weighted by Gasteiger charge is -2.25. The molecule has 1 aromatic heterocycles. The zero-order chi connectivity index (χ0) is 24.8. The number of H-pyrrole nitrogens is 1. The number of nitrogens with zero attached hydrogens (tertiary/aromatic N) is 2. The molecule has 178 valence electrons. The van der Waals surface area contributed by atoms with E-state index in [0.29, 0.717) is 5.56 Å². The van der Waals surface area contributed by atoms with Gasteiger partial charge in [-0.15, -0.1) is 0 Å². The van der Waals surface area contributed by atoms with Crippen LogP contribution in [0.3, 0.4) is 0 Å². The monoisotopic (exact) mass is 486 g/mol. The van der Waals surface area contributed by atoms with Gasteiger partial charge in [-0.1, -0.05) is 72.8 Å². The molecule has 0 bridgehead atoms. The van der Waals surface area contributed by atoms with E-state index in [0.717, 1.165) is 22.4 Å². The predicted molar refractivity (Wildman–Crippen MR) is 142 cm³/mol. The molecule has 0 unspecified atom stereocenters. The summed E-state index contributed by atoms with van der Waals surface area (Å²) >= 11 is 1.69. The summed E-state index contributed by atoms with van der Waals surface area (Å²) in [6.07, 6.45) is 2.01. The molecule has 1 amide bonds. The molecule has 0 saturated carbocycles. The summed E-state index contributed by atoms with van der Waals surface area (Å²) in [6.45, 7) is 0.273. The van der Waals surface area contributed by atoms with Crippen LogP contribution in [0.15, 0.2) is 94.5 Å². The molecular weight excluding hydrogens is 460 g/mol. The summed E-state index contributed by atoms with van der Waals surface area (Å²) in [6, 6.07) is 25.9. The quantitative estimate of drug-likeness (QED) is 0.394. The van der Waals surface area contributed by atoms with Crippen LogP contribution < -0.4 is 21.9 Å². The van der Waals surface area contributed by atoms with Crippen molar-refractivity contribution in [3.8, 4) is 0 Å². The number of nitrogen functional groups attached to an aromatic ring is 1. The van der Waals surface area contributed by atoms with E-state index in [9.17, 15) is 14.4 Å². The number of hydrogen-bond acceptors (Lipinski definition) is 5.